The molecule has 5 N–H and O–H groups in total. The normalized spacial score (nSPS) is 37.9. The van der Waals surface area contributed by atoms with Gasteiger partial charge < -0.3 is 30.9 Å². The highest BCUT2D eigenvalue weighted by Gasteiger charge is 2.75. The first-order valence-electron chi connectivity index (χ1n) is 15.5. The Morgan fingerprint density at radius 1 is 1.18 bits per heavy atom. The average molecular weight is 620 g/mol. The van der Waals surface area contributed by atoms with Gasteiger partial charge in [-0.2, -0.15) is 0 Å². The molecule has 0 aliphatic heterocycles. The summed E-state index contributed by atoms with van der Waals surface area (Å²) in [6, 6.07) is -0.680. The van der Waals surface area contributed by atoms with Crippen molar-refractivity contribution in [2.24, 2.45) is 28.6 Å². The minimum atomic E-state index is -2.08. The van der Waals surface area contributed by atoms with E-state index in [2.05, 4.69) is 16.0 Å². The second-order valence-corrected chi connectivity index (χ2v) is 13.5. The van der Waals surface area contributed by atoms with Crippen LogP contribution in [0.3, 0.4) is 0 Å². The molecule has 0 aromatic carbocycles. The highest BCUT2D eigenvalue weighted by Crippen LogP contribution is 2.70. The number of aliphatic hydroxyl groups is 2. The van der Waals surface area contributed by atoms with Crippen LogP contribution in [0.4, 0.5) is 9.18 Å². The number of carbonyl (C=O) groups excluding carboxylic acids is 5. The molecule has 44 heavy (non-hydrogen) atoms. The second kappa shape index (κ2) is 12.3. The number of rotatable bonds is 10. The molecule has 0 aromatic rings. The SMILES string of the molecule is CNC(=O)[C@H](CCCCNC(=O)OCC(=O)[C@@]1(O)[C@H](C)C[C@H]2[C@@H]3CCC4=CC(=O)C=C[C@]4(C)[C@@]3(F)[C@@H](O)C[C@@]21C)NC(C)=O. The smallest absolute Gasteiger partial charge is 0.407 e. The molecule has 0 saturated heterocycles. The van der Waals surface area contributed by atoms with E-state index in [1.807, 2.05) is 0 Å². The molecule has 0 heterocycles. The topological polar surface area (TPSA) is 171 Å². The van der Waals surface area contributed by atoms with Crippen molar-refractivity contribution in [3.63, 3.8) is 0 Å². The lowest BCUT2D eigenvalue weighted by atomic mass is 9.44. The molecule has 0 unspecified atom stereocenters. The van der Waals surface area contributed by atoms with Gasteiger partial charge in [0.2, 0.25) is 17.6 Å². The van der Waals surface area contributed by atoms with Gasteiger partial charge in [-0.3, -0.25) is 19.2 Å². The summed E-state index contributed by atoms with van der Waals surface area (Å²) in [6.07, 6.45) is 4.47. The van der Waals surface area contributed by atoms with E-state index < -0.39 is 70.5 Å². The van der Waals surface area contributed by atoms with Crippen molar-refractivity contribution >= 4 is 29.5 Å². The lowest BCUT2D eigenvalue weighted by molar-refractivity contribution is -0.219. The summed E-state index contributed by atoms with van der Waals surface area (Å²) in [7, 11) is 1.48. The summed E-state index contributed by atoms with van der Waals surface area (Å²) < 4.78 is 22.5. The van der Waals surface area contributed by atoms with Gasteiger partial charge in [-0.05, 0) is 75.9 Å². The van der Waals surface area contributed by atoms with Crippen LogP contribution in [0.1, 0.15) is 72.6 Å². The highest BCUT2D eigenvalue weighted by atomic mass is 19.1. The summed E-state index contributed by atoms with van der Waals surface area (Å²) in [5.41, 5.74) is -5.71. The number of likely N-dealkylation sites (N-methyl/N-ethyl adjacent to an activating group) is 1. The number of alkyl halides is 1. The predicted octanol–water partition coefficient (Wildman–Crippen LogP) is 2.05. The maximum Gasteiger partial charge on any atom is 0.407 e. The Kier molecular flexibility index (Phi) is 9.47. The quantitative estimate of drug-likeness (QED) is 0.231. The number of ether oxygens (including phenoxy) is 1. The number of alkyl carbamates (subject to hydrolysis) is 1. The fourth-order valence-corrected chi connectivity index (χ4v) is 8.78. The third-order valence-corrected chi connectivity index (χ3v) is 11.1. The molecule has 4 rings (SSSR count). The Balaban J connectivity index is 1.37. The molecular weight excluding hydrogens is 573 g/mol. The molecular formula is C32H46FN3O8. The Hall–Kier alpha value is -3.12. The summed E-state index contributed by atoms with van der Waals surface area (Å²) >= 11 is 0. The zero-order chi connectivity index (χ0) is 32.7. The van der Waals surface area contributed by atoms with Gasteiger partial charge in [0, 0.05) is 37.3 Å². The van der Waals surface area contributed by atoms with Crippen LogP contribution in [0, 0.1) is 28.6 Å². The van der Waals surface area contributed by atoms with Crippen LogP contribution in [0.2, 0.25) is 0 Å². The van der Waals surface area contributed by atoms with Gasteiger partial charge in [0.25, 0.3) is 0 Å². The van der Waals surface area contributed by atoms with E-state index in [9.17, 15) is 34.2 Å². The zero-order valence-electron chi connectivity index (χ0n) is 26.2. The Morgan fingerprint density at radius 2 is 1.89 bits per heavy atom. The third kappa shape index (κ3) is 5.37. The lowest BCUT2D eigenvalue weighted by Gasteiger charge is -2.62. The van der Waals surface area contributed by atoms with Crippen molar-refractivity contribution in [1.29, 1.82) is 0 Å². The molecule has 3 amide bonds. The maximum absolute atomic E-state index is 17.3. The summed E-state index contributed by atoms with van der Waals surface area (Å²) in [5.74, 6) is -3.19. The van der Waals surface area contributed by atoms with Crippen LogP contribution in [0.5, 0.6) is 0 Å². The van der Waals surface area contributed by atoms with Crippen molar-refractivity contribution < 1.29 is 43.3 Å². The van der Waals surface area contributed by atoms with Gasteiger partial charge in [0.1, 0.15) is 11.6 Å². The van der Waals surface area contributed by atoms with Gasteiger partial charge in [0.15, 0.2) is 18.1 Å². The van der Waals surface area contributed by atoms with E-state index in [0.717, 1.165) is 0 Å². The van der Waals surface area contributed by atoms with Gasteiger partial charge >= 0.3 is 6.09 Å². The molecule has 0 spiro atoms. The molecule has 3 fully saturated rings. The molecule has 0 bridgehead atoms. The van der Waals surface area contributed by atoms with E-state index in [1.165, 1.54) is 26.1 Å². The van der Waals surface area contributed by atoms with Crippen molar-refractivity contribution in [3.8, 4) is 0 Å². The van der Waals surface area contributed by atoms with Crippen LogP contribution < -0.4 is 16.0 Å². The number of halogens is 1. The fourth-order valence-electron chi connectivity index (χ4n) is 8.78. The van der Waals surface area contributed by atoms with Gasteiger partial charge in [0.05, 0.1) is 6.10 Å². The third-order valence-electron chi connectivity index (χ3n) is 11.1. The number of ketones is 2. The molecule has 4 aliphatic rings. The number of nitrogens with one attached hydrogen (secondary N) is 3. The summed E-state index contributed by atoms with van der Waals surface area (Å²) in [4.78, 5) is 61.2. The molecule has 0 radical (unpaired) electrons. The Labute approximate surface area is 257 Å². The molecule has 0 aromatic heterocycles. The zero-order valence-corrected chi connectivity index (χ0v) is 26.2. The molecule has 3 saturated carbocycles. The predicted molar refractivity (Wildman–Crippen MR) is 158 cm³/mol. The Morgan fingerprint density at radius 3 is 2.55 bits per heavy atom. The lowest BCUT2D eigenvalue weighted by Crippen LogP contribution is -2.69. The minimum absolute atomic E-state index is 0.163. The maximum atomic E-state index is 17.3. The fraction of sp³-hybridized carbons (Fsp3) is 0.719. The van der Waals surface area contributed by atoms with E-state index in [4.69, 9.17) is 4.74 Å². The number of Topliss-reactive ketones (excluding diaryl/α,β-unsaturated/α-hetero) is 1. The average Bonchev–Trinajstić information content (AvgIpc) is 3.16. The first-order valence-corrected chi connectivity index (χ1v) is 15.5. The highest BCUT2D eigenvalue weighted by molar-refractivity contribution is 6.01. The van der Waals surface area contributed by atoms with Crippen LogP contribution >= 0.6 is 0 Å². The van der Waals surface area contributed by atoms with Gasteiger partial charge in [-0.25, -0.2) is 9.18 Å². The number of unbranched alkanes of at least 4 members (excludes halogenated alkanes) is 1. The molecule has 12 heteroatoms. The van der Waals surface area contributed by atoms with Gasteiger partial charge in [-0.15, -0.1) is 0 Å². The van der Waals surface area contributed by atoms with Crippen molar-refractivity contribution in [3.05, 3.63) is 23.8 Å². The summed E-state index contributed by atoms with van der Waals surface area (Å²) in [5, 5.41) is 31.1. The Bertz CT molecular complexity index is 1270. The number of aliphatic hydroxyl groups excluding tert-OH is 1. The van der Waals surface area contributed by atoms with E-state index in [-0.39, 0.29) is 30.6 Å². The van der Waals surface area contributed by atoms with Crippen molar-refractivity contribution in [2.45, 2.75) is 96.1 Å². The largest absolute Gasteiger partial charge is 0.441 e. The van der Waals surface area contributed by atoms with Crippen molar-refractivity contribution in [2.75, 3.05) is 20.2 Å². The first-order chi connectivity index (χ1) is 20.6. The standard InChI is InChI=1S/C32H46FN3O8/c1-18-14-23-22-10-9-20-15-21(38)11-12-29(20,3)31(22,33)25(39)16-30(23,4)32(18,43)26(40)17-44-28(42)35-13-7-6-8-24(27(41)34-5)36-19(2)37/h11-12,15,18,22-25,39,43H,6-10,13-14,16-17H2,1-5H3,(H,34,41)(H,35,42)(H,36,37)/t18-,22+,23+,24+,25+,29+,30+,31+,32+/m1/s1. The monoisotopic (exact) mass is 619 g/mol. The number of allylic oxidation sites excluding steroid dienone is 4. The van der Waals surface area contributed by atoms with Gasteiger partial charge in [-0.1, -0.05) is 25.5 Å². The molecule has 244 valence electrons. The van der Waals surface area contributed by atoms with E-state index >= 15 is 4.39 Å². The van der Waals surface area contributed by atoms with Crippen molar-refractivity contribution in [1.82, 2.24) is 16.0 Å². The number of hydrogen-bond acceptors (Lipinski definition) is 8. The summed E-state index contributed by atoms with van der Waals surface area (Å²) in [6.45, 7) is 6.01. The molecule has 4 aliphatic carbocycles. The van der Waals surface area contributed by atoms with Crippen LogP contribution in [-0.2, 0) is 23.9 Å². The van der Waals surface area contributed by atoms with Crippen LogP contribution in [0.25, 0.3) is 0 Å². The number of amides is 3. The second-order valence-electron chi connectivity index (χ2n) is 13.5. The molecule has 11 nitrogen and oxygen atoms in total. The minimum Gasteiger partial charge on any atom is -0.441 e. The van der Waals surface area contributed by atoms with Crippen LogP contribution in [0.15, 0.2) is 23.8 Å². The number of carbonyl (C=O) groups is 5. The number of fused-ring (bicyclic) bond motifs is 5. The van der Waals surface area contributed by atoms with E-state index in [0.29, 0.717) is 44.1 Å². The molecule has 9 atom stereocenters. The van der Waals surface area contributed by atoms with E-state index in [1.54, 1.807) is 26.8 Å². The number of hydrogen-bond donors (Lipinski definition) is 5. The first kappa shape index (κ1) is 33.8. The van der Waals surface area contributed by atoms with Crippen LogP contribution in [-0.4, -0.2) is 83.3 Å².